The van der Waals surface area contributed by atoms with Crippen LogP contribution in [0.15, 0.2) is 0 Å². The van der Waals surface area contributed by atoms with E-state index in [0.29, 0.717) is 17.9 Å². The van der Waals surface area contributed by atoms with E-state index in [1.54, 1.807) is 0 Å². The van der Waals surface area contributed by atoms with E-state index in [4.69, 9.17) is 4.74 Å². The normalized spacial score (nSPS) is 30.8. The number of hydrogen-bond acceptors (Lipinski definition) is 4. The Labute approximate surface area is 128 Å². The van der Waals surface area contributed by atoms with Crippen molar-refractivity contribution < 1.29 is 14.6 Å². The predicted octanol–water partition coefficient (Wildman–Crippen LogP) is 1.85. The second kappa shape index (κ2) is 5.76. The van der Waals surface area contributed by atoms with Gasteiger partial charge in [0.1, 0.15) is 5.60 Å². The summed E-state index contributed by atoms with van der Waals surface area (Å²) in [5.41, 5.74) is -0.465. The number of aliphatic hydroxyl groups excluding tert-OH is 1. The summed E-state index contributed by atoms with van der Waals surface area (Å²) < 4.78 is 5.41. The van der Waals surface area contributed by atoms with Gasteiger partial charge in [0.2, 0.25) is 0 Å². The topological polar surface area (TPSA) is 61.8 Å². The molecule has 2 fully saturated rings. The fourth-order valence-electron chi connectivity index (χ4n) is 2.96. The van der Waals surface area contributed by atoms with E-state index in [0.717, 1.165) is 26.1 Å². The van der Waals surface area contributed by atoms with E-state index in [-0.39, 0.29) is 18.1 Å². The molecular weight excluding hydrogens is 268 g/mol. The molecule has 5 nitrogen and oxygen atoms in total. The number of fused-ring (bicyclic) bond motifs is 1. The van der Waals surface area contributed by atoms with Crippen molar-refractivity contribution in [2.45, 2.75) is 52.7 Å². The number of nitrogens with zero attached hydrogens (tertiary/aromatic N) is 1. The Morgan fingerprint density at radius 1 is 1.29 bits per heavy atom. The summed E-state index contributed by atoms with van der Waals surface area (Å²) in [6.45, 7) is 12.5. The van der Waals surface area contributed by atoms with E-state index >= 15 is 0 Å². The lowest BCUT2D eigenvalue weighted by molar-refractivity contribution is 0.0268. The molecule has 5 heteroatoms. The van der Waals surface area contributed by atoms with Gasteiger partial charge in [0.05, 0.1) is 0 Å². The molecule has 1 aliphatic heterocycles. The molecule has 2 rings (SSSR count). The number of hydrogen-bond donors (Lipinski definition) is 2. The molecule has 0 radical (unpaired) electrons. The van der Waals surface area contributed by atoms with Crippen LogP contribution in [-0.2, 0) is 4.74 Å². The van der Waals surface area contributed by atoms with E-state index in [2.05, 4.69) is 19.2 Å². The first kappa shape index (κ1) is 16.6. The molecule has 1 saturated heterocycles. The van der Waals surface area contributed by atoms with Gasteiger partial charge >= 0.3 is 6.09 Å². The molecule has 0 aromatic rings. The van der Waals surface area contributed by atoms with E-state index < -0.39 is 5.60 Å². The van der Waals surface area contributed by atoms with Crippen LogP contribution in [0.4, 0.5) is 4.79 Å². The molecule has 1 saturated carbocycles. The third-order valence-electron chi connectivity index (χ3n) is 4.85. The average molecular weight is 298 g/mol. The Hall–Kier alpha value is -0.810. The molecule has 0 bridgehead atoms. The second-order valence-electron chi connectivity index (χ2n) is 7.94. The van der Waals surface area contributed by atoms with Crippen LogP contribution in [0.5, 0.6) is 0 Å². The smallest absolute Gasteiger partial charge is 0.410 e. The molecular formula is C16H30N2O3. The minimum absolute atomic E-state index is 0.0399. The molecule has 0 aromatic carbocycles. The van der Waals surface area contributed by atoms with Gasteiger partial charge in [-0.2, -0.15) is 0 Å². The van der Waals surface area contributed by atoms with E-state index in [9.17, 15) is 9.90 Å². The zero-order valence-electron chi connectivity index (χ0n) is 14.0. The van der Waals surface area contributed by atoms with Gasteiger partial charge in [-0.25, -0.2) is 4.79 Å². The van der Waals surface area contributed by atoms with Crippen LogP contribution in [-0.4, -0.2) is 54.0 Å². The number of nitrogens with one attached hydrogen (secondary N) is 1. The Bertz CT molecular complexity index is 375. The maximum absolute atomic E-state index is 12.0. The zero-order valence-corrected chi connectivity index (χ0v) is 14.0. The van der Waals surface area contributed by atoms with Gasteiger partial charge < -0.3 is 20.1 Å². The van der Waals surface area contributed by atoms with Gasteiger partial charge in [-0.1, -0.05) is 13.8 Å². The van der Waals surface area contributed by atoms with Crippen LogP contribution in [0.25, 0.3) is 0 Å². The van der Waals surface area contributed by atoms with Crippen molar-refractivity contribution >= 4 is 6.09 Å². The number of carbonyl (C=O) groups excluding carboxylic acids is 1. The van der Waals surface area contributed by atoms with Crippen LogP contribution in [0, 0.1) is 17.3 Å². The SMILES string of the molecule is CCC(C)(CO)CNC1C2CN(C(=O)OC(C)(C)C)CC21. The molecule has 1 aliphatic carbocycles. The summed E-state index contributed by atoms with van der Waals surface area (Å²) >= 11 is 0. The van der Waals surface area contributed by atoms with Crippen molar-refractivity contribution in [3.05, 3.63) is 0 Å². The largest absolute Gasteiger partial charge is 0.444 e. The zero-order chi connectivity index (χ0) is 15.8. The monoisotopic (exact) mass is 298 g/mol. The van der Waals surface area contributed by atoms with Gasteiger partial charge in [0, 0.05) is 37.7 Å². The van der Waals surface area contributed by atoms with Gasteiger partial charge in [-0.15, -0.1) is 0 Å². The molecule has 2 aliphatic rings. The maximum Gasteiger partial charge on any atom is 0.410 e. The number of rotatable bonds is 5. The number of likely N-dealkylation sites (tertiary alicyclic amines) is 1. The van der Waals surface area contributed by atoms with Crippen molar-refractivity contribution in [2.24, 2.45) is 17.3 Å². The summed E-state index contributed by atoms with van der Waals surface area (Å²) in [6, 6.07) is 0.501. The average Bonchev–Trinajstić information content (AvgIpc) is 2.84. The fraction of sp³-hybridized carbons (Fsp3) is 0.938. The quantitative estimate of drug-likeness (QED) is 0.813. The highest BCUT2D eigenvalue weighted by Crippen LogP contribution is 2.46. The fourth-order valence-corrected chi connectivity index (χ4v) is 2.96. The van der Waals surface area contributed by atoms with Crippen LogP contribution >= 0.6 is 0 Å². The Morgan fingerprint density at radius 3 is 2.29 bits per heavy atom. The summed E-state index contributed by atoms with van der Waals surface area (Å²) in [5.74, 6) is 1.11. The first-order valence-corrected chi connectivity index (χ1v) is 8.01. The van der Waals surface area contributed by atoms with E-state index in [1.807, 2.05) is 25.7 Å². The van der Waals surface area contributed by atoms with Gasteiger partial charge in [-0.3, -0.25) is 0 Å². The molecule has 0 spiro atoms. The maximum atomic E-state index is 12.0. The number of aliphatic hydroxyl groups is 1. The second-order valence-corrected chi connectivity index (χ2v) is 7.94. The van der Waals surface area contributed by atoms with Gasteiger partial charge in [0.25, 0.3) is 0 Å². The minimum atomic E-state index is -0.425. The highest BCUT2D eigenvalue weighted by Gasteiger charge is 2.57. The molecule has 2 N–H and O–H groups in total. The van der Waals surface area contributed by atoms with Crippen molar-refractivity contribution in [3.8, 4) is 0 Å². The number of carbonyl (C=O) groups is 1. The third-order valence-corrected chi connectivity index (χ3v) is 4.85. The van der Waals surface area contributed by atoms with Gasteiger partial charge in [0.15, 0.2) is 0 Å². The number of amides is 1. The lowest BCUT2D eigenvalue weighted by atomic mass is 9.88. The summed E-state index contributed by atoms with van der Waals surface area (Å²) in [7, 11) is 0. The van der Waals surface area contributed by atoms with Crippen LogP contribution < -0.4 is 5.32 Å². The third kappa shape index (κ3) is 3.89. The van der Waals surface area contributed by atoms with Crippen molar-refractivity contribution in [1.82, 2.24) is 10.2 Å². The number of ether oxygens (including phenoxy) is 1. The highest BCUT2D eigenvalue weighted by molar-refractivity contribution is 5.69. The summed E-state index contributed by atoms with van der Waals surface area (Å²) in [4.78, 5) is 13.8. The van der Waals surface area contributed by atoms with Crippen molar-refractivity contribution in [3.63, 3.8) is 0 Å². The Kier molecular flexibility index (Phi) is 4.54. The molecule has 3 unspecified atom stereocenters. The standard InChI is InChI=1S/C16H30N2O3/c1-6-16(5,10-19)9-17-13-11-7-18(8-12(11)13)14(20)21-15(2,3)4/h11-13,17,19H,6-10H2,1-5H3. The Balaban J connectivity index is 1.74. The molecule has 0 aromatic heterocycles. The Morgan fingerprint density at radius 2 is 1.86 bits per heavy atom. The lowest BCUT2D eigenvalue weighted by Gasteiger charge is -2.28. The van der Waals surface area contributed by atoms with Crippen LogP contribution in [0.3, 0.4) is 0 Å². The number of piperidine rings is 1. The molecule has 122 valence electrons. The summed E-state index contributed by atoms with van der Waals surface area (Å²) in [5, 5.41) is 13.0. The first-order chi connectivity index (χ1) is 9.69. The minimum Gasteiger partial charge on any atom is -0.444 e. The van der Waals surface area contributed by atoms with Crippen molar-refractivity contribution in [2.75, 3.05) is 26.2 Å². The molecule has 3 atom stereocenters. The van der Waals surface area contributed by atoms with Crippen LogP contribution in [0.1, 0.15) is 41.0 Å². The first-order valence-electron chi connectivity index (χ1n) is 8.01. The molecule has 1 amide bonds. The lowest BCUT2D eigenvalue weighted by Crippen LogP contribution is -2.41. The van der Waals surface area contributed by atoms with Crippen molar-refractivity contribution in [1.29, 1.82) is 0 Å². The predicted molar refractivity (Wildman–Crippen MR) is 82.1 cm³/mol. The molecule has 21 heavy (non-hydrogen) atoms. The highest BCUT2D eigenvalue weighted by atomic mass is 16.6. The van der Waals surface area contributed by atoms with Crippen LogP contribution in [0.2, 0.25) is 0 Å². The van der Waals surface area contributed by atoms with E-state index in [1.165, 1.54) is 0 Å². The van der Waals surface area contributed by atoms with Gasteiger partial charge in [-0.05, 0) is 39.0 Å². The summed E-state index contributed by atoms with van der Waals surface area (Å²) in [6.07, 6.45) is 0.768. The molecule has 1 heterocycles.